The molecule has 3 N–H and O–H groups in total. The molecule has 0 saturated heterocycles. The number of urea groups is 1. The zero-order chi connectivity index (χ0) is 14.3. The van der Waals surface area contributed by atoms with Crippen LogP contribution in [0.15, 0.2) is 17.5 Å². The molecule has 0 aliphatic rings. The molecule has 2 amide bonds. The number of carbonyl (C=O) groups excluding carboxylic acids is 1. The normalized spacial score (nSPS) is 13.1. The van der Waals surface area contributed by atoms with Crippen molar-refractivity contribution in [2.24, 2.45) is 0 Å². The molecule has 1 aromatic heterocycles. The third-order valence-electron chi connectivity index (χ3n) is 3.00. The number of aliphatic hydroxyl groups excluding tert-OH is 1. The maximum atomic E-state index is 11.6. The Kier molecular flexibility index (Phi) is 6.31. The summed E-state index contributed by atoms with van der Waals surface area (Å²) in [4.78, 5) is 12.9. The first kappa shape index (κ1) is 16.0. The van der Waals surface area contributed by atoms with Gasteiger partial charge in [-0.1, -0.05) is 33.3 Å². The van der Waals surface area contributed by atoms with E-state index in [1.54, 1.807) is 11.3 Å². The molecule has 0 aromatic carbocycles. The number of nitrogens with one attached hydrogen (secondary N) is 2. The molecular weight excluding hydrogens is 260 g/mol. The Balaban J connectivity index is 2.30. The standard InChI is InChI=1S/C14H24N2O2S/c1-4-6-11(17)9-15-13(18)16-10-14(2,3)12-7-5-8-19-12/h5,7-8,11,17H,4,6,9-10H2,1-3H3,(H2,15,16,18). The molecule has 1 heterocycles. The van der Waals surface area contributed by atoms with Crippen molar-refractivity contribution in [3.8, 4) is 0 Å². The van der Waals surface area contributed by atoms with E-state index in [1.807, 2.05) is 18.4 Å². The van der Waals surface area contributed by atoms with Gasteiger partial charge in [0.05, 0.1) is 6.10 Å². The molecule has 0 saturated carbocycles. The fraction of sp³-hybridized carbons (Fsp3) is 0.643. The Morgan fingerprint density at radius 3 is 2.79 bits per heavy atom. The van der Waals surface area contributed by atoms with Gasteiger partial charge in [0.1, 0.15) is 0 Å². The predicted octanol–water partition coefficient (Wildman–Crippen LogP) is 2.49. The summed E-state index contributed by atoms with van der Waals surface area (Å²) in [5, 5.41) is 17.1. The molecule has 0 radical (unpaired) electrons. The highest BCUT2D eigenvalue weighted by Gasteiger charge is 2.22. The second-order valence-corrected chi connectivity index (χ2v) is 6.31. The van der Waals surface area contributed by atoms with E-state index in [-0.39, 0.29) is 11.4 Å². The lowest BCUT2D eigenvalue weighted by atomic mass is 9.91. The fourth-order valence-corrected chi connectivity index (χ4v) is 2.61. The molecule has 108 valence electrons. The van der Waals surface area contributed by atoms with E-state index in [2.05, 4.69) is 30.5 Å². The summed E-state index contributed by atoms with van der Waals surface area (Å²) in [6, 6.07) is 3.87. The highest BCUT2D eigenvalue weighted by Crippen LogP contribution is 2.26. The highest BCUT2D eigenvalue weighted by molar-refractivity contribution is 7.10. The SMILES string of the molecule is CCCC(O)CNC(=O)NCC(C)(C)c1cccs1. The second kappa shape index (κ2) is 7.50. The van der Waals surface area contributed by atoms with E-state index < -0.39 is 6.10 Å². The van der Waals surface area contributed by atoms with Crippen LogP contribution in [-0.2, 0) is 5.41 Å². The summed E-state index contributed by atoms with van der Waals surface area (Å²) < 4.78 is 0. The van der Waals surface area contributed by atoms with Crippen molar-refractivity contribution in [1.29, 1.82) is 0 Å². The van der Waals surface area contributed by atoms with Crippen molar-refractivity contribution in [3.05, 3.63) is 22.4 Å². The number of hydrogen-bond acceptors (Lipinski definition) is 3. The minimum atomic E-state index is -0.457. The number of carbonyl (C=O) groups is 1. The summed E-state index contributed by atoms with van der Waals surface area (Å²) in [5.74, 6) is 0. The van der Waals surface area contributed by atoms with Gasteiger partial charge in [0.2, 0.25) is 0 Å². The van der Waals surface area contributed by atoms with E-state index >= 15 is 0 Å². The molecule has 1 atom stereocenters. The smallest absolute Gasteiger partial charge is 0.314 e. The van der Waals surface area contributed by atoms with Gasteiger partial charge < -0.3 is 15.7 Å². The molecule has 0 aliphatic heterocycles. The van der Waals surface area contributed by atoms with Crippen LogP contribution in [-0.4, -0.2) is 30.3 Å². The first-order valence-corrected chi connectivity index (χ1v) is 7.57. The van der Waals surface area contributed by atoms with Crippen LogP contribution in [0, 0.1) is 0 Å². The van der Waals surface area contributed by atoms with Crippen LogP contribution < -0.4 is 10.6 Å². The van der Waals surface area contributed by atoms with Crippen LogP contribution in [0.5, 0.6) is 0 Å². The van der Waals surface area contributed by atoms with E-state index in [0.717, 1.165) is 6.42 Å². The summed E-state index contributed by atoms with van der Waals surface area (Å²) in [7, 11) is 0. The van der Waals surface area contributed by atoms with Gasteiger partial charge in [0.15, 0.2) is 0 Å². The quantitative estimate of drug-likeness (QED) is 0.720. The van der Waals surface area contributed by atoms with Crippen molar-refractivity contribution in [2.75, 3.05) is 13.1 Å². The third kappa shape index (κ3) is 5.61. The number of thiophene rings is 1. The monoisotopic (exact) mass is 284 g/mol. The topological polar surface area (TPSA) is 61.4 Å². The molecule has 19 heavy (non-hydrogen) atoms. The lowest BCUT2D eigenvalue weighted by molar-refractivity contribution is 0.160. The van der Waals surface area contributed by atoms with Crippen LogP contribution in [0.1, 0.15) is 38.5 Å². The van der Waals surface area contributed by atoms with Crippen LogP contribution in [0.4, 0.5) is 4.79 Å². The minimum absolute atomic E-state index is 0.0759. The van der Waals surface area contributed by atoms with Crippen LogP contribution in [0.25, 0.3) is 0 Å². The van der Waals surface area contributed by atoms with Gasteiger partial charge in [-0.15, -0.1) is 11.3 Å². The highest BCUT2D eigenvalue weighted by atomic mass is 32.1. The van der Waals surface area contributed by atoms with E-state index in [4.69, 9.17) is 0 Å². The van der Waals surface area contributed by atoms with Gasteiger partial charge >= 0.3 is 6.03 Å². The largest absolute Gasteiger partial charge is 0.391 e. The summed E-state index contributed by atoms with van der Waals surface area (Å²) in [5.41, 5.74) is -0.0759. The molecule has 1 aromatic rings. The number of hydrogen-bond donors (Lipinski definition) is 3. The Morgan fingerprint density at radius 2 is 2.21 bits per heavy atom. The molecular formula is C14H24N2O2S. The molecule has 1 rings (SSSR count). The summed E-state index contributed by atoms with van der Waals surface area (Å²) in [6.45, 7) is 7.09. The maximum absolute atomic E-state index is 11.6. The van der Waals surface area contributed by atoms with Gasteiger partial charge in [-0.3, -0.25) is 0 Å². The zero-order valence-electron chi connectivity index (χ0n) is 11.9. The van der Waals surface area contributed by atoms with Gasteiger partial charge in [-0.2, -0.15) is 0 Å². The summed E-state index contributed by atoms with van der Waals surface area (Å²) >= 11 is 1.69. The van der Waals surface area contributed by atoms with E-state index in [1.165, 1.54) is 4.88 Å². The Hall–Kier alpha value is -1.07. The number of rotatable bonds is 7. The van der Waals surface area contributed by atoms with Gasteiger partial charge in [0, 0.05) is 23.4 Å². The molecule has 0 bridgehead atoms. The van der Waals surface area contributed by atoms with E-state index in [9.17, 15) is 9.90 Å². The fourth-order valence-electron chi connectivity index (χ4n) is 1.76. The lowest BCUT2D eigenvalue weighted by Crippen LogP contribution is -2.44. The molecule has 0 aliphatic carbocycles. The van der Waals surface area contributed by atoms with Crippen molar-refractivity contribution in [1.82, 2.24) is 10.6 Å². The van der Waals surface area contributed by atoms with Gasteiger partial charge in [-0.05, 0) is 17.9 Å². The Labute approximate surface area is 119 Å². The molecule has 1 unspecified atom stereocenters. The lowest BCUT2D eigenvalue weighted by Gasteiger charge is -2.24. The first-order valence-electron chi connectivity index (χ1n) is 6.69. The number of aliphatic hydroxyl groups is 1. The van der Waals surface area contributed by atoms with Crippen molar-refractivity contribution in [2.45, 2.75) is 45.1 Å². The first-order chi connectivity index (χ1) is 8.95. The van der Waals surface area contributed by atoms with Crippen molar-refractivity contribution < 1.29 is 9.90 Å². The molecule has 4 nitrogen and oxygen atoms in total. The molecule has 5 heteroatoms. The average Bonchev–Trinajstić information content (AvgIpc) is 2.89. The van der Waals surface area contributed by atoms with Crippen LogP contribution in [0.3, 0.4) is 0 Å². The van der Waals surface area contributed by atoms with Crippen LogP contribution in [0.2, 0.25) is 0 Å². The molecule has 0 spiro atoms. The van der Waals surface area contributed by atoms with Gasteiger partial charge in [0.25, 0.3) is 0 Å². The average molecular weight is 284 g/mol. The summed E-state index contributed by atoms with van der Waals surface area (Å²) in [6.07, 6.45) is 1.16. The van der Waals surface area contributed by atoms with Crippen molar-refractivity contribution >= 4 is 17.4 Å². The van der Waals surface area contributed by atoms with E-state index in [0.29, 0.717) is 19.5 Å². The minimum Gasteiger partial charge on any atom is -0.391 e. The zero-order valence-corrected chi connectivity index (χ0v) is 12.7. The Bertz CT molecular complexity index is 377. The van der Waals surface area contributed by atoms with Crippen molar-refractivity contribution in [3.63, 3.8) is 0 Å². The molecule has 0 fully saturated rings. The predicted molar refractivity (Wildman–Crippen MR) is 79.7 cm³/mol. The van der Waals surface area contributed by atoms with Crippen LogP contribution >= 0.6 is 11.3 Å². The third-order valence-corrected chi connectivity index (χ3v) is 4.24. The Morgan fingerprint density at radius 1 is 1.47 bits per heavy atom. The maximum Gasteiger partial charge on any atom is 0.314 e. The second-order valence-electron chi connectivity index (χ2n) is 5.37. The van der Waals surface area contributed by atoms with Gasteiger partial charge in [-0.25, -0.2) is 4.79 Å². The number of amides is 2.